The lowest BCUT2D eigenvalue weighted by atomic mass is 10.1. The van der Waals surface area contributed by atoms with E-state index in [4.69, 9.17) is 0 Å². The van der Waals surface area contributed by atoms with E-state index in [0.717, 1.165) is 13.7 Å². The maximum atomic E-state index is 12.3. The monoisotopic (exact) mass is 328 g/mol. The highest BCUT2D eigenvalue weighted by molar-refractivity contribution is 14.1. The SMILES string of the molecule is FC(F)(F)c1ccc2sc(I)cc2c1. The molecule has 0 nitrogen and oxygen atoms in total. The van der Waals surface area contributed by atoms with Gasteiger partial charge in [-0.25, -0.2) is 0 Å². The molecule has 0 radical (unpaired) electrons. The molecule has 74 valence electrons. The molecule has 1 aromatic carbocycles. The Kier molecular flexibility index (Phi) is 2.46. The highest BCUT2D eigenvalue weighted by atomic mass is 127. The Morgan fingerprint density at radius 2 is 1.86 bits per heavy atom. The molecular weight excluding hydrogens is 324 g/mol. The van der Waals surface area contributed by atoms with Gasteiger partial charge in [0.05, 0.1) is 8.45 Å². The van der Waals surface area contributed by atoms with Crippen molar-refractivity contribution in [3.63, 3.8) is 0 Å². The van der Waals surface area contributed by atoms with E-state index in [1.807, 2.05) is 0 Å². The number of alkyl halides is 3. The zero-order valence-corrected chi connectivity index (χ0v) is 9.70. The van der Waals surface area contributed by atoms with E-state index in [9.17, 15) is 13.2 Å². The van der Waals surface area contributed by atoms with E-state index in [1.165, 1.54) is 23.5 Å². The molecule has 0 amide bonds. The Bertz CT molecular complexity index is 472. The number of rotatable bonds is 0. The first kappa shape index (κ1) is 10.2. The second-order valence-electron chi connectivity index (χ2n) is 2.80. The standard InChI is InChI=1S/C9H4F3IS/c10-9(11,12)6-1-2-7-5(3-6)4-8(13)14-7/h1-4H. The number of halogens is 4. The van der Waals surface area contributed by atoms with Crippen molar-refractivity contribution in [1.82, 2.24) is 0 Å². The Labute approximate surface area is 95.9 Å². The zero-order chi connectivity index (χ0) is 10.3. The van der Waals surface area contributed by atoms with Gasteiger partial charge < -0.3 is 0 Å². The summed E-state index contributed by atoms with van der Waals surface area (Å²) in [7, 11) is 0. The number of thiophene rings is 1. The summed E-state index contributed by atoms with van der Waals surface area (Å²) in [6, 6.07) is 5.59. The number of hydrogen-bond donors (Lipinski definition) is 0. The van der Waals surface area contributed by atoms with Crippen molar-refractivity contribution in [2.24, 2.45) is 0 Å². The first-order valence-electron chi connectivity index (χ1n) is 3.73. The van der Waals surface area contributed by atoms with Crippen molar-refractivity contribution in [3.8, 4) is 0 Å². The van der Waals surface area contributed by atoms with Crippen molar-refractivity contribution >= 4 is 44.0 Å². The van der Waals surface area contributed by atoms with E-state index in [1.54, 1.807) is 6.07 Å². The van der Waals surface area contributed by atoms with Gasteiger partial charge in [0, 0.05) is 4.70 Å². The summed E-state index contributed by atoms with van der Waals surface area (Å²) < 4.78 is 38.9. The lowest BCUT2D eigenvalue weighted by Crippen LogP contribution is -2.03. The van der Waals surface area contributed by atoms with Gasteiger partial charge in [0.2, 0.25) is 0 Å². The molecule has 0 aliphatic heterocycles. The predicted molar refractivity (Wildman–Crippen MR) is 59.5 cm³/mol. The van der Waals surface area contributed by atoms with Crippen LogP contribution in [-0.4, -0.2) is 0 Å². The highest BCUT2D eigenvalue weighted by Gasteiger charge is 2.30. The molecule has 0 N–H and O–H groups in total. The Morgan fingerprint density at radius 3 is 2.50 bits per heavy atom. The van der Waals surface area contributed by atoms with Crippen LogP contribution in [0.3, 0.4) is 0 Å². The van der Waals surface area contributed by atoms with Crippen LogP contribution in [0.1, 0.15) is 5.56 Å². The molecule has 5 heteroatoms. The molecule has 0 bridgehead atoms. The van der Waals surface area contributed by atoms with E-state index >= 15 is 0 Å². The maximum absolute atomic E-state index is 12.3. The molecule has 1 aromatic heterocycles. The number of fused-ring (bicyclic) bond motifs is 1. The Morgan fingerprint density at radius 1 is 1.14 bits per heavy atom. The van der Waals surface area contributed by atoms with Crippen molar-refractivity contribution in [3.05, 3.63) is 32.7 Å². The molecule has 2 aromatic rings. The summed E-state index contributed by atoms with van der Waals surface area (Å²) in [5.41, 5.74) is -0.584. The lowest BCUT2D eigenvalue weighted by Gasteiger charge is -2.05. The van der Waals surface area contributed by atoms with Gasteiger partial charge >= 0.3 is 6.18 Å². The normalized spacial score (nSPS) is 12.3. The molecule has 0 fully saturated rings. The van der Waals surface area contributed by atoms with Gasteiger partial charge in [-0.1, -0.05) is 0 Å². The van der Waals surface area contributed by atoms with Crippen molar-refractivity contribution in [1.29, 1.82) is 0 Å². The molecular formula is C9H4F3IS. The van der Waals surface area contributed by atoms with Crippen LogP contribution >= 0.6 is 33.9 Å². The van der Waals surface area contributed by atoms with Gasteiger partial charge in [-0.15, -0.1) is 11.3 Å². The summed E-state index contributed by atoms with van der Waals surface area (Å²) in [5, 5.41) is 0.661. The zero-order valence-electron chi connectivity index (χ0n) is 6.73. The van der Waals surface area contributed by atoms with Gasteiger partial charge in [0.1, 0.15) is 0 Å². The third kappa shape index (κ3) is 1.88. The predicted octanol–water partition coefficient (Wildman–Crippen LogP) is 4.52. The van der Waals surface area contributed by atoms with E-state index < -0.39 is 11.7 Å². The summed E-state index contributed by atoms with van der Waals surface area (Å²) in [5.74, 6) is 0. The molecule has 0 atom stereocenters. The van der Waals surface area contributed by atoms with Crippen LogP contribution in [0.2, 0.25) is 0 Å². The Hall–Kier alpha value is -0.300. The van der Waals surface area contributed by atoms with Crippen molar-refractivity contribution in [2.45, 2.75) is 6.18 Å². The molecule has 0 saturated carbocycles. The average Bonchev–Trinajstić information content (AvgIpc) is 2.41. The number of benzene rings is 1. The third-order valence-corrected chi connectivity index (χ3v) is 3.69. The number of hydrogen-bond acceptors (Lipinski definition) is 1. The van der Waals surface area contributed by atoms with Crippen molar-refractivity contribution in [2.75, 3.05) is 0 Å². The van der Waals surface area contributed by atoms with Gasteiger partial charge in [0.15, 0.2) is 0 Å². The first-order chi connectivity index (χ1) is 6.47. The topological polar surface area (TPSA) is 0 Å². The molecule has 14 heavy (non-hydrogen) atoms. The van der Waals surface area contributed by atoms with Crippen LogP contribution in [-0.2, 0) is 6.18 Å². The third-order valence-electron chi connectivity index (χ3n) is 1.81. The molecule has 0 spiro atoms. The molecule has 2 rings (SSSR count). The highest BCUT2D eigenvalue weighted by Crippen LogP contribution is 2.34. The smallest absolute Gasteiger partial charge is 0.166 e. The van der Waals surface area contributed by atoms with Crippen LogP contribution in [0, 0.1) is 2.88 Å². The summed E-state index contributed by atoms with van der Waals surface area (Å²) >= 11 is 3.59. The lowest BCUT2D eigenvalue weighted by molar-refractivity contribution is -0.137. The fourth-order valence-corrected chi connectivity index (χ4v) is 3.00. The molecule has 0 saturated heterocycles. The molecule has 1 heterocycles. The van der Waals surface area contributed by atoms with Crippen LogP contribution in [0.25, 0.3) is 10.1 Å². The second kappa shape index (κ2) is 3.37. The molecule has 0 aliphatic carbocycles. The van der Waals surface area contributed by atoms with Gasteiger partial charge in [-0.2, -0.15) is 13.2 Å². The summed E-state index contributed by atoms with van der Waals surface area (Å²) in [6.45, 7) is 0. The summed E-state index contributed by atoms with van der Waals surface area (Å²) in [6.07, 6.45) is -4.25. The second-order valence-corrected chi connectivity index (χ2v) is 5.78. The van der Waals surface area contributed by atoms with Gasteiger partial charge in [-0.05, 0) is 52.2 Å². The molecule has 0 aliphatic rings. The van der Waals surface area contributed by atoms with Gasteiger partial charge in [0.25, 0.3) is 0 Å². The average molecular weight is 328 g/mol. The van der Waals surface area contributed by atoms with E-state index in [0.29, 0.717) is 5.39 Å². The maximum Gasteiger partial charge on any atom is 0.416 e. The van der Waals surface area contributed by atoms with E-state index in [2.05, 4.69) is 22.6 Å². The minimum atomic E-state index is -4.25. The van der Waals surface area contributed by atoms with Crippen LogP contribution in [0.4, 0.5) is 13.2 Å². The van der Waals surface area contributed by atoms with Crippen LogP contribution < -0.4 is 0 Å². The minimum absolute atomic E-state index is 0.584. The fraction of sp³-hybridized carbons (Fsp3) is 0.111. The minimum Gasteiger partial charge on any atom is -0.166 e. The van der Waals surface area contributed by atoms with Crippen molar-refractivity contribution < 1.29 is 13.2 Å². The Balaban J connectivity index is 2.62. The van der Waals surface area contributed by atoms with Crippen LogP contribution in [0.5, 0.6) is 0 Å². The quantitative estimate of drug-likeness (QED) is 0.624. The molecule has 0 unspecified atom stereocenters. The van der Waals surface area contributed by atoms with Gasteiger partial charge in [-0.3, -0.25) is 0 Å². The largest absolute Gasteiger partial charge is 0.416 e. The first-order valence-corrected chi connectivity index (χ1v) is 5.62. The fourth-order valence-electron chi connectivity index (χ4n) is 1.19. The van der Waals surface area contributed by atoms with Crippen LogP contribution in [0.15, 0.2) is 24.3 Å². The van der Waals surface area contributed by atoms with E-state index in [-0.39, 0.29) is 0 Å². The summed E-state index contributed by atoms with van der Waals surface area (Å²) in [4.78, 5) is 0.